The topological polar surface area (TPSA) is 70.6 Å². The van der Waals surface area contributed by atoms with E-state index in [1.165, 1.54) is 38.5 Å². The molecule has 2 saturated carbocycles. The molecule has 0 bridgehead atoms. The first kappa shape index (κ1) is 14.2. The van der Waals surface area contributed by atoms with Gasteiger partial charge in [0.1, 0.15) is 0 Å². The first-order valence-electron chi connectivity index (χ1n) is 7.89. The molecule has 0 amide bonds. The molecule has 2 aliphatic carbocycles. The summed E-state index contributed by atoms with van der Waals surface area (Å²) in [6, 6.07) is 1.13. The van der Waals surface area contributed by atoms with Gasteiger partial charge in [-0.05, 0) is 38.0 Å². The largest absolute Gasteiger partial charge is 0.354 e. The van der Waals surface area contributed by atoms with Gasteiger partial charge in [-0.2, -0.15) is 0 Å². The fourth-order valence-electron chi connectivity index (χ4n) is 3.05. The Morgan fingerprint density at radius 3 is 2.20 bits per heavy atom. The lowest BCUT2D eigenvalue weighted by atomic mass is 10.1. The van der Waals surface area contributed by atoms with Gasteiger partial charge >= 0.3 is 0 Å². The number of hydrogen-bond acceptors (Lipinski definition) is 3. The molecule has 1 atom stereocenters. The maximum atomic E-state index is 11.5. The number of aliphatic imine (C=N–C) groups is 1. The van der Waals surface area contributed by atoms with Gasteiger partial charge < -0.3 is 10.6 Å². The highest BCUT2D eigenvalue weighted by molar-refractivity contribution is 7.91. The van der Waals surface area contributed by atoms with Gasteiger partial charge in [-0.3, -0.25) is 4.99 Å². The Balaban J connectivity index is 1.54. The molecule has 0 radical (unpaired) electrons. The molecule has 1 heterocycles. The maximum Gasteiger partial charge on any atom is 0.191 e. The van der Waals surface area contributed by atoms with Crippen LogP contribution in [-0.4, -0.2) is 44.5 Å². The second-order valence-corrected chi connectivity index (χ2v) is 8.73. The van der Waals surface area contributed by atoms with Crippen molar-refractivity contribution in [3.8, 4) is 0 Å². The van der Waals surface area contributed by atoms with E-state index in [-0.39, 0.29) is 5.92 Å². The molecular formula is C14H25N3O2S. The van der Waals surface area contributed by atoms with Crippen LogP contribution in [0.25, 0.3) is 0 Å². The van der Waals surface area contributed by atoms with Crippen LogP contribution >= 0.6 is 0 Å². The van der Waals surface area contributed by atoms with Crippen molar-refractivity contribution in [2.24, 2.45) is 10.9 Å². The number of rotatable bonds is 4. The zero-order valence-corrected chi connectivity index (χ0v) is 12.8. The number of nitrogens with one attached hydrogen (secondary N) is 2. The van der Waals surface area contributed by atoms with Gasteiger partial charge in [0.2, 0.25) is 0 Å². The Labute approximate surface area is 121 Å². The van der Waals surface area contributed by atoms with E-state index < -0.39 is 9.84 Å². The van der Waals surface area contributed by atoms with Crippen molar-refractivity contribution in [1.82, 2.24) is 10.6 Å². The molecule has 1 aliphatic heterocycles. The molecule has 1 unspecified atom stereocenters. The van der Waals surface area contributed by atoms with E-state index in [9.17, 15) is 8.42 Å². The van der Waals surface area contributed by atoms with E-state index in [1.54, 1.807) is 0 Å². The van der Waals surface area contributed by atoms with Gasteiger partial charge in [-0.15, -0.1) is 0 Å². The fraction of sp³-hybridized carbons (Fsp3) is 0.929. The maximum absolute atomic E-state index is 11.5. The van der Waals surface area contributed by atoms with E-state index in [1.807, 2.05) is 0 Å². The Morgan fingerprint density at radius 2 is 1.65 bits per heavy atom. The van der Waals surface area contributed by atoms with Crippen molar-refractivity contribution < 1.29 is 8.42 Å². The van der Waals surface area contributed by atoms with Crippen molar-refractivity contribution in [3.63, 3.8) is 0 Å². The van der Waals surface area contributed by atoms with Crippen LogP contribution in [0.3, 0.4) is 0 Å². The normalized spacial score (nSPS) is 30.6. The number of nitrogens with zero attached hydrogens (tertiary/aromatic N) is 1. The van der Waals surface area contributed by atoms with Crippen LogP contribution in [0.1, 0.15) is 44.9 Å². The Morgan fingerprint density at radius 1 is 1.00 bits per heavy atom. The summed E-state index contributed by atoms with van der Waals surface area (Å²) in [4.78, 5) is 4.64. The predicted octanol–water partition coefficient (Wildman–Crippen LogP) is 1.06. The minimum Gasteiger partial charge on any atom is -0.354 e. The quantitative estimate of drug-likeness (QED) is 0.601. The molecular weight excluding hydrogens is 274 g/mol. The summed E-state index contributed by atoms with van der Waals surface area (Å²) >= 11 is 0. The lowest BCUT2D eigenvalue weighted by Gasteiger charge is -2.17. The summed E-state index contributed by atoms with van der Waals surface area (Å²) in [5.74, 6) is 1.77. The molecule has 0 aromatic heterocycles. The molecule has 3 fully saturated rings. The molecule has 5 nitrogen and oxygen atoms in total. The molecule has 2 N–H and O–H groups in total. The average Bonchev–Trinajstić information content (AvgIpc) is 2.92. The summed E-state index contributed by atoms with van der Waals surface area (Å²) in [5, 5.41) is 6.97. The highest BCUT2D eigenvalue weighted by Gasteiger charge is 2.28. The number of guanidine groups is 1. The van der Waals surface area contributed by atoms with Crippen molar-refractivity contribution in [2.75, 3.05) is 18.1 Å². The molecule has 0 aromatic rings. The highest BCUT2D eigenvalue weighted by atomic mass is 32.2. The lowest BCUT2D eigenvalue weighted by Crippen LogP contribution is -2.43. The average molecular weight is 299 g/mol. The van der Waals surface area contributed by atoms with Crippen LogP contribution in [0.15, 0.2) is 4.99 Å². The third kappa shape index (κ3) is 4.11. The van der Waals surface area contributed by atoms with Gasteiger partial charge in [0.15, 0.2) is 15.8 Å². The minimum absolute atomic E-state index is 0.210. The smallest absolute Gasteiger partial charge is 0.191 e. The lowest BCUT2D eigenvalue weighted by molar-refractivity contribution is 0.580. The molecule has 114 valence electrons. The van der Waals surface area contributed by atoms with E-state index >= 15 is 0 Å². The second kappa shape index (κ2) is 5.92. The Kier molecular flexibility index (Phi) is 4.19. The van der Waals surface area contributed by atoms with Crippen LogP contribution in [-0.2, 0) is 9.84 Å². The Bertz CT molecular complexity index is 465. The SMILES string of the molecule is O=S1(=O)CCC(CN=C(NC2CCCC2)NC2CC2)C1. The molecule has 6 heteroatoms. The van der Waals surface area contributed by atoms with Gasteiger partial charge in [-0.25, -0.2) is 8.42 Å². The summed E-state index contributed by atoms with van der Waals surface area (Å²) in [7, 11) is -2.79. The molecule has 3 aliphatic rings. The van der Waals surface area contributed by atoms with E-state index in [0.717, 1.165) is 12.4 Å². The highest BCUT2D eigenvalue weighted by Crippen LogP contribution is 2.21. The van der Waals surface area contributed by atoms with Crippen molar-refractivity contribution in [1.29, 1.82) is 0 Å². The van der Waals surface area contributed by atoms with Crippen LogP contribution in [0.2, 0.25) is 0 Å². The third-order valence-corrected chi connectivity index (χ3v) is 6.29. The number of sulfone groups is 1. The predicted molar refractivity (Wildman–Crippen MR) is 80.6 cm³/mol. The first-order valence-corrected chi connectivity index (χ1v) is 9.71. The minimum atomic E-state index is -2.79. The monoisotopic (exact) mass is 299 g/mol. The molecule has 3 rings (SSSR count). The van der Waals surface area contributed by atoms with Crippen LogP contribution < -0.4 is 10.6 Å². The van der Waals surface area contributed by atoms with Gasteiger partial charge in [-0.1, -0.05) is 12.8 Å². The van der Waals surface area contributed by atoms with Gasteiger partial charge in [0.25, 0.3) is 0 Å². The number of hydrogen-bond donors (Lipinski definition) is 2. The first-order chi connectivity index (χ1) is 9.61. The summed E-state index contributed by atoms with van der Waals surface area (Å²) in [5.41, 5.74) is 0. The zero-order chi connectivity index (χ0) is 14.0. The van der Waals surface area contributed by atoms with Crippen LogP contribution in [0, 0.1) is 5.92 Å². The molecule has 20 heavy (non-hydrogen) atoms. The van der Waals surface area contributed by atoms with Crippen LogP contribution in [0.4, 0.5) is 0 Å². The standard InChI is InChI=1S/C14H25N3O2S/c18-20(19)8-7-11(10-20)9-15-14(17-13-5-6-13)16-12-3-1-2-4-12/h11-13H,1-10H2,(H2,15,16,17). The third-order valence-electron chi connectivity index (χ3n) is 4.45. The summed E-state index contributed by atoms with van der Waals surface area (Å²) in [6.45, 7) is 0.633. The van der Waals surface area contributed by atoms with E-state index in [2.05, 4.69) is 15.6 Å². The summed E-state index contributed by atoms with van der Waals surface area (Å²) < 4.78 is 22.9. The van der Waals surface area contributed by atoms with Gasteiger partial charge in [0.05, 0.1) is 11.5 Å². The fourth-order valence-corrected chi connectivity index (χ4v) is 4.90. The van der Waals surface area contributed by atoms with Crippen LogP contribution in [0.5, 0.6) is 0 Å². The Hall–Kier alpha value is -0.780. The molecule has 0 aromatic carbocycles. The van der Waals surface area contributed by atoms with Crippen molar-refractivity contribution >= 4 is 15.8 Å². The van der Waals surface area contributed by atoms with Crippen molar-refractivity contribution in [2.45, 2.75) is 57.0 Å². The van der Waals surface area contributed by atoms with Crippen molar-refractivity contribution in [3.05, 3.63) is 0 Å². The molecule has 1 saturated heterocycles. The zero-order valence-electron chi connectivity index (χ0n) is 12.0. The van der Waals surface area contributed by atoms with E-state index in [0.29, 0.717) is 30.1 Å². The second-order valence-electron chi connectivity index (χ2n) is 6.50. The summed E-state index contributed by atoms with van der Waals surface area (Å²) in [6.07, 6.45) is 8.27. The van der Waals surface area contributed by atoms with E-state index in [4.69, 9.17) is 0 Å². The van der Waals surface area contributed by atoms with Gasteiger partial charge in [0, 0.05) is 18.6 Å². The molecule has 0 spiro atoms.